The zero-order valence-electron chi connectivity index (χ0n) is 18.4. The highest BCUT2D eigenvalue weighted by molar-refractivity contribution is 6.10. The van der Waals surface area contributed by atoms with E-state index in [4.69, 9.17) is 9.47 Å². The van der Waals surface area contributed by atoms with E-state index in [1.807, 2.05) is 26.0 Å². The largest absolute Gasteiger partial charge is 0.494 e. The van der Waals surface area contributed by atoms with Gasteiger partial charge in [-0.15, -0.1) is 0 Å². The topological polar surface area (TPSA) is 76.7 Å². The molecule has 0 saturated carbocycles. The number of rotatable bonds is 10. The molecule has 3 aromatic rings. The number of nitrogens with one attached hydrogen (secondary N) is 2. The van der Waals surface area contributed by atoms with Crippen molar-refractivity contribution in [1.29, 1.82) is 0 Å². The second-order valence-electron chi connectivity index (χ2n) is 7.21. The average Bonchev–Trinajstić information content (AvgIpc) is 2.83. The van der Waals surface area contributed by atoms with Gasteiger partial charge in [0, 0.05) is 11.1 Å². The molecule has 0 aliphatic rings. The first kappa shape index (κ1) is 22.9. The molecule has 0 heterocycles. The smallest absolute Gasteiger partial charge is 0.255 e. The van der Waals surface area contributed by atoms with Crippen molar-refractivity contribution in [2.75, 3.05) is 23.8 Å². The quantitative estimate of drug-likeness (QED) is 0.426. The van der Waals surface area contributed by atoms with Crippen LogP contribution in [0.15, 0.2) is 72.8 Å². The average molecular weight is 433 g/mol. The SMILES string of the molecule is CCCOc1cccc(C(=O)Nc2ccccc2NC(=O)c2cccc(OCCC)c2)c1. The third kappa shape index (κ3) is 6.35. The minimum absolute atomic E-state index is 0.288. The van der Waals surface area contributed by atoms with Crippen LogP contribution in [0.4, 0.5) is 11.4 Å². The van der Waals surface area contributed by atoms with Crippen LogP contribution in [0.25, 0.3) is 0 Å². The number of carbonyl (C=O) groups excluding carboxylic acids is 2. The first-order valence-electron chi connectivity index (χ1n) is 10.8. The molecule has 6 heteroatoms. The minimum atomic E-state index is -0.288. The van der Waals surface area contributed by atoms with E-state index >= 15 is 0 Å². The van der Waals surface area contributed by atoms with E-state index in [1.165, 1.54) is 0 Å². The fraction of sp³-hybridized carbons (Fsp3) is 0.231. The molecule has 3 aromatic carbocycles. The predicted molar refractivity (Wildman–Crippen MR) is 127 cm³/mol. The van der Waals surface area contributed by atoms with Gasteiger partial charge in [0.15, 0.2) is 0 Å². The van der Waals surface area contributed by atoms with Gasteiger partial charge in [0.2, 0.25) is 0 Å². The fourth-order valence-corrected chi connectivity index (χ4v) is 2.98. The van der Waals surface area contributed by atoms with Gasteiger partial charge in [0.05, 0.1) is 24.6 Å². The Morgan fingerprint density at radius 3 is 1.50 bits per heavy atom. The number of hydrogen-bond donors (Lipinski definition) is 2. The molecule has 2 amide bonds. The van der Waals surface area contributed by atoms with Crippen LogP contribution < -0.4 is 20.1 Å². The molecule has 0 aliphatic carbocycles. The highest BCUT2D eigenvalue weighted by atomic mass is 16.5. The van der Waals surface area contributed by atoms with Crippen molar-refractivity contribution in [2.24, 2.45) is 0 Å². The van der Waals surface area contributed by atoms with E-state index in [9.17, 15) is 9.59 Å². The van der Waals surface area contributed by atoms with Crippen LogP contribution in [0.5, 0.6) is 11.5 Å². The van der Waals surface area contributed by atoms with Gasteiger partial charge in [-0.25, -0.2) is 0 Å². The Labute approximate surface area is 188 Å². The predicted octanol–water partition coefficient (Wildman–Crippen LogP) is 5.77. The van der Waals surface area contributed by atoms with Gasteiger partial charge in [-0.2, -0.15) is 0 Å². The maximum Gasteiger partial charge on any atom is 0.255 e. The first-order chi connectivity index (χ1) is 15.6. The van der Waals surface area contributed by atoms with E-state index in [0.717, 1.165) is 12.8 Å². The number of amides is 2. The van der Waals surface area contributed by atoms with Crippen LogP contribution in [0.3, 0.4) is 0 Å². The maximum atomic E-state index is 12.8. The summed E-state index contributed by atoms with van der Waals surface area (Å²) in [6, 6.07) is 21.1. The van der Waals surface area contributed by atoms with Crippen molar-refractivity contribution in [3.8, 4) is 11.5 Å². The lowest BCUT2D eigenvalue weighted by Gasteiger charge is -2.13. The lowest BCUT2D eigenvalue weighted by atomic mass is 10.1. The van der Waals surface area contributed by atoms with E-state index in [0.29, 0.717) is 47.2 Å². The van der Waals surface area contributed by atoms with Gasteiger partial charge >= 0.3 is 0 Å². The van der Waals surface area contributed by atoms with E-state index < -0.39 is 0 Å². The van der Waals surface area contributed by atoms with Gasteiger partial charge in [0.25, 0.3) is 11.8 Å². The highest BCUT2D eigenvalue weighted by Gasteiger charge is 2.13. The molecule has 0 radical (unpaired) electrons. The number of para-hydroxylation sites is 2. The van der Waals surface area contributed by atoms with Crippen LogP contribution >= 0.6 is 0 Å². The Hall–Kier alpha value is -3.80. The van der Waals surface area contributed by atoms with Crippen molar-refractivity contribution in [2.45, 2.75) is 26.7 Å². The standard InChI is InChI=1S/C26H28N2O4/c1-3-15-31-21-11-7-9-19(17-21)25(29)27-23-13-5-6-14-24(23)28-26(30)20-10-8-12-22(18-20)32-16-4-2/h5-14,17-18H,3-4,15-16H2,1-2H3,(H,27,29)(H,28,30). The Morgan fingerprint density at radius 2 is 1.09 bits per heavy atom. The molecule has 0 fully saturated rings. The summed E-state index contributed by atoms with van der Waals surface area (Å²) in [4.78, 5) is 25.6. The molecule has 0 saturated heterocycles. The summed E-state index contributed by atoms with van der Waals surface area (Å²) in [5.41, 5.74) is 1.95. The molecule has 3 rings (SSSR count). The fourth-order valence-electron chi connectivity index (χ4n) is 2.98. The summed E-state index contributed by atoms with van der Waals surface area (Å²) in [6.45, 7) is 5.22. The molecule has 0 atom stereocenters. The summed E-state index contributed by atoms with van der Waals surface area (Å²) in [5.74, 6) is 0.713. The van der Waals surface area contributed by atoms with Crippen molar-refractivity contribution in [3.05, 3.63) is 83.9 Å². The van der Waals surface area contributed by atoms with Crippen LogP contribution in [0.1, 0.15) is 47.4 Å². The first-order valence-corrected chi connectivity index (χ1v) is 10.8. The van der Waals surface area contributed by atoms with Gasteiger partial charge < -0.3 is 20.1 Å². The second-order valence-corrected chi connectivity index (χ2v) is 7.21. The minimum Gasteiger partial charge on any atom is -0.494 e. The lowest BCUT2D eigenvalue weighted by molar-refractivity contribution is 0.101. The summed E-state index contributed by atoms with van der Waals surface area (Å²) < 4.78 is 11.2. The van der Waals surface area contributed by atoms with Crippen LogP contribution in [0, 0.1) is 0 Å². The van der Waals surface area contributed by atoms with Crippen molar-refractivity contribution in [1.82, 2.24) is 0 Å². The van der Waals surface area contributed by atoms with Gasteiger partial charge in [-0.3, -0.25) is 9.59 Å². The number of ether oxygens (including phenoxy) is 2. The molecule has 0 aromatic heterocycles. The summed E-state index contributed by atoms with van der Waals surface area (Å²) in [6.07, 6.45) is 1.77. The lowest BCUT2D eigenvalue weighted by Crippen LogP contribution is -2.17. The molecule has 2 N–H and O–H groups in total. The van der Waals surface area contributed by atoms with Gasteiger partial charge in [-0.05, 0) is 61.4 Å². The second kappa shape index (κ2) is 11.6. The van der Waals surface area contributed by atoms with Crippen LogP contribution in [-0.2, 0) is 0 Å². The molecular weight excluding hydrogens is 404 g/mol. The number of benzene rings is 3. The van der Waals surface area contributed by atoms with Gasteiger partial charge in [-0.1, -0.05) is 38.1 Å². The number of anilines is 2. The number of carbonyl (C=O) groups is 2. The van der Waals surface area contributed by atoms with Crippen LogP contribution in [0.2, 0.25) is 0 Å². The summed E-state index contributed by atoms with van der Waals surface area (Å²) in [5, 5.41) is 5.74. The number of hydrogen-bond acceptors (Lipinski definition) is 4. The Balaban J connectivity index is 1.72. The highest BCUT2D eigenvalue weighted by Crippen LogP contribution is 2.24. The molecule has 166 valence electrons. The molecule has 32 heavy (non-hydrogen) atoms. The third-order valence-corrected chi connectivity index (χ3v) is 4.56. The molecule has 0 spiro atoms. The van der Waals surface area contributed by atoms with Gasteiger partial charge in [0.1, 0.15) is 11.5 Å². The molecule has 0 bridgehead atoms. The third-order valence-electron chi connectivity index (χ3n) is 4.56. The normalized spacial score (nSPS) is 10.3. The Kier molecular flexibility index (Phi) is 8.26. The molecule has 0 aliphatic heterocycles. The Morgan fingerprint density at radius 1 is 0.656 bits per heavy atom. The van der Waals surface area contributed by atoms with Crippen molar-refractivity contribution in [3.63, 3.8) is 0 Å². The Bertz CT molecular complexity index is 980. The van der Waals surface area contributed by atoms with E-state index in [1.54, 1.807) is 60.7 Å². The maximum absolute atomic E-state index is 12.8. The van der Waals surface area contributed by atoms with Crippen molar-refractivity contribution >= 4 is 23.2 Å². The molecular formula is C26H28N2O4. The summed E-state index contributed by atoms with van der Waals surface area (Å²) in [7, 11) is 0. The molecule has 6 nitrogen and oxygen atoms in total. The van der Waals surface area contributed by atoms with E-state index in [2.05, 4.69) is 10.6 Å². The zero-order chi connectivity index (χ0) is 22.8. The zero-order valence-corrected chi connectivity index (χ0v) is 18.4. The monoisotopic (exact) mass is 432 g/mol. The van der Waals surface area contributed by atoms with Crippen LogP contribution in [-0.4, -0.2) is 25.0 Å². The van der Waals surface area contributed by atoms with E-state index in [-0.39, 0.29) is 11.8 Å². The summed E-state index contributed by atoms with van der Waals surface area (Å²) >= 11 is 0. The van der Waals surface area contributed by atoms with Crippen molar-refractivity contribution < 1.29 is 19.1 Å². The molecule has 0 unspecified atom stereocenters.